The number of carbonyl (C=O) groups is 2. The fraction of sp³-hybridized carbons (Fsp3) is 0.625. The lowest BCUT2D eigenvalue weighted by Crippen LogP contribution is -2.43. The Morgan fingerprint density at radius 2 is 1.57 bits per heavy atom. The summed E-state index contributed by atoms with van der Waals surface area (Å²) in [6.45, 7) is 6.83. The van der Waals surface area contributed by atoms with Gasteiger partial charge in [-0.05, 0) is 49.6 Å². The predicted octanol–water partition coefficient (Wildman–Crippen LogP) is 6.71. The fourth-order valence-electron chi connectivity index (χ4n) is 4.88. The van der Waals surface area contributed by atoms with Crippen LogP contribution in [-0.2, 0) is 27.4 Å². The van der Waals surface area contributed by atoms with Crippen molar-refractivity contribution >= 4 is 11.8 Å². The Morgan fingerprint density at radius 3 is 2.30 bits per heavy atom. The van der Waals surface area contributed by atoms with Crippen LogP contribution >= 0.6 is 0 Å². The predicted molar refractivity (Wildman–Crippen MR) is 155 cm³/mol. The van der Waals surface area contributed by atoms with Crippen LogP contribution in [0.1, 0.15) is 95.8 Å². The van der Waals surface area contributed by atoms with E-state index in [1.54, 1.807) is 16.1 Å². The number of hydrogen-bond donors (Lipinski definition) is 0. The Hall–Kier alpha value is -3.00. The molecule has 0 radical (unpaired) electrons. The van der Waals surface area contributed by atoms with Crippen molar-refractivity contribution in [2.75, 3.05) is 33.1 Å². The van der Waals surface area contributed by atoms with Crippen molar-refractivity contribution in [2.24, 2.45) is 0 Å². The van der Waals surface area contributed by atoms with E-state index < -0.39 is 0 Å². The summed E-state index contributed by atoms with van der Waals surface area (Å²) in [6, 6.07) is 9.37. The third-order valence-corrected chi connectivity index (χ3v) is 7.18. The Labute approximate surface area is 239 Å². The number of fused-ring (bicyclic) bond motifs is 1. The molecule has 1 aromatic carbocycles. The molecule has 1 aliphatic rings. The smallest absolute Gasteiger partial charge is 0.242 e. The average Bonchev–Trinajstić information content (AvgIpc) is 3.65. The quantitative estimate of drug-likeness (QED) is 0.159. The van der Waals surface area contributed by atoms with Crippen molar-refractivity contribution in [3.63, 3.8) is 0 Å². The molecule has 0 unspecified atom stereocenters. The molecular weight excluding hydrogens is 508 g/mol. The molecule has 0 saturated heterocycles. The van der Waals surface area contributed by atoms with E-state index in [9.17, 15) is 9.59 Å². The Morgan fingerprint density at radius 1 is 0.825 bits per heavy atom. The number of rotatable bonds is 21. The molecule has 40 heavy (non-hydrogen) atoms. The number of furan rings is 1. The van der Waals surface area contributed by atoms with E-state index in [4.69, 9.17) is 18.6 Å². The molecule has 2 aromatic rings. The molecule has 0 spiro atoms. The zero-order chi connectivity index (χ0) is 28.4. The molecule has 2 heterocycles. The summed E-state index contributed by atoms with van der Waals surface area (Å²) in [5.41, 5.74) is 0.924. The third-order valence-electron chi connectivity index (χ3n) is 7.18. The Bertz CT molecular complexity index is 993. The first kappa shape index (κ1) is 31.5. The van der Waals surface area contributed by atoms with Gasteiger partial charge in [0.2, 0.25) is 18.6 Å². The standard InChI is InChI=1S/C32H48N2O6/c1-3-5-6-7-8-9-10-11-12-16-31(35)33(19-14-20-37-4-2)25-32(36)34(24-28-15-13-21-38-28)23-27-17-18-29-30(22-27)40-26-39-29/h13,15,17-18,21-22H,3-12,14,16,19-20,23-26H2,1-2H3. The zero-order valence-corrected chi connectivity index (χ0v) is 24.5. The van der Waals surface area contributed by atoms with Crippen LogP contribution in [0, 0.1) is 0 Å². The number of unbranched alkanes of at least 4 members (excludes halogenated alkanes) is 8. The van der Waals surface area contributed by atoms with Crippen molar-refractivity contribution < 1.29 is 28.2 Å². The number of hydrogen-bond acceptors (Lipinski definition) is 6. The molecule has 0 atom stereocenters. The number of ether oxygens (including phenoxy) is 3. The van der Waals surface area contributed by atoms with E-state index in [2.05, 4.69) is 6.92 Å². The molecule has 0 fully saturated rings. The highest BCUT2D eigenvalue weighted by molar-refractivity contribution is 5.84. The lowest BCUT2D eigenvalue weighted by Gasteiger charge is -2.27. The second-order valence-corrected chi connectivity index (χ2v) is 10.5. The van der Waals surface area contributed by atoms with E-state index in [1.807, 2.05) is 37.3 Å². The second-order valence-electron chi connectivity index (χ2n) is 10.5. The Kier molecular flexibility index (Phi) is 14.5. The van der Waals surface area contributed by atoms with E-state index >= 15 is 0 Å². The van der Waals surface area contributed by atoms with Gasteiger partial charge in [-0.15, -0.1) is 0 Å². The van der Waals surface area contributed by atoms with E-state index in [1.165, 1.54) is 38.5 Å². The number of amides is 2. The van der Waals surface area contributed by atoms with Gasteiger partial charge in [-0.3, -0.25) is 9.59 Å². The summed E-state index contributed by atoms with van der Waals surface area (Å²) >= 11 is 0. The molecule has 0 aliphatic carbocycles. The third kappa shape index (κ3) is 11.2. The molecule has 2 amide bonds. The average molecular weight is 557 g/mol. The lowest BCUT2D eigenvalue weighted by molar-refractivity contribution is -0.141. The molecule has 0 saturated carbocycles. The minimum absolute atomic E-state index is 0.0354. The maximum absolute atomic E-state index is 13.6. The maximum Gasteiger partial charge on any atom is 0.242 e. The van der Waals surface area contributed by atoms with Crippen molar-refractivity contribution in [2.45, 2.75) is 97.6 Å². The van der Waals surface area contributed by atoms with Crippen molar-refractivity contribution in [3.8, 4) is 11.5 Å². The Balaban J connectivity index is 1.56. The summed E-state index contributed by atoms with van der Waals surface area (Å²) < 4.78 is 22.0. The van der Waals surface area contributed by atoms with Crippen LogP contribution in [0.15, 0.2) is 41.0 Å². The molecule has 1 aliphatic heterocycles. The summed E-state index contributed by atoms with van der Waals surface area (Å²) in [7, 11) is 0. The van der Waals surface area contributed by atoms with Crippen LogP contribution in [0.4, 0.5) is 0 Å². The fourth-order valence-corrected chi connectivity index (χ4v) is 4.88. The van der Waals surface area contributed by atoms with Gasteiger partial charge in [-0.1, -0.05) is 64.4 Å². The molecular formula is C32H48N2O6. The number of nitrogens with zero attached hydrogens (tertiary/aromatic N) is 2. The van der Waals surface area contributed by atoms with Gasteiger partial charge in [0, 0.05) is 32.7 Å². The highest BCUT2D eigenvalue weighted by atomic mass is 16.7. The normalized spacial score (nSPS) is 12.1. The van der Waals surface area contributed by atoms with Crippen LogP contribution in [0.3, 0.4) is 0 Å². The van der Waals surface area contributed by atoms with Crippen LogP contribution in [-0.4, -0.2) is 54.7 Å². The summed E-state index contributed by atoms with van der Waals surface area (Å²) in [4.78, 5) is 30.3. The van der Waals surface area contributed by atoms with E-state index in [0.29, 0.717) is 62.9 Å². The molecule has 8 nitrogen and oxygen atoms in total. The first-order valence-corrected chi connectivity index (χ1v) is 15.1. The maximum atomic E-state index is 13.6. The molecule has 0 bridgehead atoms. The van der Waals surface area contributed by atoms with Crippen LogP contribution < -0.4 is 9.47 Å². The molecule has 8 heteroatoms. The summed E-state index contributed by atoms with van der Waals surface area (Å²) in [5, 5.41) is 0. The second kappa shape index (κ2) is 18.4. The van der Waals surface area contributed by atoms with E-state index in [0.717, 1.165) is 24.8 Å². The van der Waals surface area contributed by atoms with Gasteiger partial charge >= 0.3 is 0 Å². The highest BCUT2D eigenvalue weighted by Gasteiger charge is 2.23. The van der Waals surface area contributed by atoms with Gasteiger partial charge < -0.3 is 28.4 Å². The van der Waals surface area contributed by atoms with Gasteiger partial charge in [0.25, 0.3) is 0 Å². The zero-order valence-electron chi connectivity index (χ0n) is 24.5. The summed E-state index contributed by atoms with van der Waals surface area (Å²) in [6.07, 6.45) is 13.6. The van der Waals surface area contributed by atoms with Gasteiger partial charge in [0.15, 0.2) is 11.5 Å². The van der Waals surface area contributed by atoms with Gasteiger partial charge in [0.05, 0.1) is 19.4 Å². The van der Waals surface area contributed by atoms with Crippen LogP contribution in [0.2, 0.25) is 0 Å². The van der Waals surface area contributed by atoms with Gasteiger partial charge in [-0.2, -0.15) is 0 Å². The largest absolute Gasteiger partial charge is 0.467 e. The SMILES string of the molecule is CCCCCCCCCCCC(=O)N(CCCOCC)CC(=O)N(Cc1ccc2c(c1)OCO2)Cc1ccco1. The first-order valence-electron chi connectivity index (χ1n) is 15.1. The lowest BCUT2D eigenvalue weighted by atomic mass is 10.1. The minimum atomic E-state index is -0.120. The monoisotopic (exact) mass is 556 g/mol. The van der Waals surface area contributed by atoms with Gasteiger partial charge in [0.1, 0.15) is 5.76 Å². The van der Waals surface area contributed by atoms with Crippen molar-refractivity contribution in [3.05, 3.63) is 47.9 Å². The van der Waals surface area contributed by atoms with Gasteiger partial charge in [-0.25, -0.2) is 0 Å². The first-order chi connectivity index (χ1) is 19.6. The molecule has 0 N–H and O–H groups in total. The molecule has 222 valence electrons. The van der Waals surface area contributed by atoms with Crippen LogP contribution in [0.5, 0.6) is 11.5 Å². The highest BCUT2D eigenvalue weighted by Crippen LogP contribution is 2.33. The van der Waals surface area contributed by atoms with Crippen molar-refractivity contribution in [1.29, 1.82) is 0 Å². The topological polar surface area (TPSA) is 81.5 Å². The molecule has 1 aromatic heterocycles. The molecule has 3 rings (SSSR count). The number of carbonyl (C=O) groups excluding carboxylic acids is 2. The van der Waals surface area contributed by atoms with Crippen LogP contribution in [0.25, 0.3) is 0 Å². The van der Waals surface area contributed by atoms with Crippen molar-refractivity contribution in [1.82, 2.24) is 9.80 Å². The minimum Gasteiger partial charge on any atom is -0.467 e. The van der Waals surface area contributed by atoms with E-state index in [-0.39, 0.29) is 25.2 Å². The number of benzene rings is 1. The summed E-state index contributed by atoms with van der Waals surface area (Å²) in [5.74, 6) is 1.99.